The van der Waals surface area contributed by atoms with E-state index in [-0.39, 0.29) is 5.91 Å². The van der Waals surface area contributed by atoms with Gasteiger partial charge in [-0.15, -0.1) is 10.2 Å². The van der Waals surface area contributed by atoms with E-state index in [1.165, 1.54) is 4.80 Å². The van der Waals surface area contributed by atoms with Gasteiger partial charge in [-0.1, -0.05) is 42.5 Å². The summed E-state index contributed by atoms with van der Waals surface area (Å²) in [5.41, 5.74) is 5.51. The molecule has 0 aliphatic carbocycles. The molecular weight excluding hydrogens is 380 g/mol. The lowest BCUT2D eigenvalue weighted by Gasteiger charge is -2.04. The number of nitrogens with zero attached hydrogens (tertiary/aromatic N) is 5. The van der Waals surface area contributed by atoms with Gasteiger partial charge >= 0.3 is 0 Å². The Kier molecular flexibility index (Phi) is 5.47. The van der Waals surface area contributed by atoms with Crippen LogP contribution >= 0.6 is 0 Å². The number of amides is 1. The molecule has 0 fully saturated rings. The second kappa shape index (κ2) is 8.52. The fourth-order valence-electron chi connectivity index (χ4n) is 2.82. The van der Waals surface area contributed by atoms with E-state index in [9.17, 15) is 4.79 Å². The molecule has 0 atom stereocenters. The van der Waals surface area contributed by atoms with Crippen molar-refractivity contribution in [2.45, 2.75) is 20.4 Å². The summed E-state index contributed by atoms with van der Waals surface area (Å²) in [6, 6.07) is 20.5. The maximum atomic E-state index is 12.3. The fraction of sp³-hybridized carbons (Fsp3) is 0.136. The number of tetrazole rings is 1. The third kappa shape index (κ3) is 4.49. The number of carbonyl (C=O) groups is 1. The number of nitrogens with one attached hydrogen (secondary N) is 1. The molecule has 4 rings (SSSR count). The number of carbonyl (C=O) groups excluding carboxylic acids is 1. The van der Waals surface area contributed by atoms with E-state index in [1.54, 1.807) is 19.1 Å². The lowest BCUT2D eigenvalue weighted by Crippen LogP contribution is -2.19. The van der Waals surface area contributed by atoms with Crippen LogP contribution in [0.2, 0.25) is 0 Å². The Morgan fingerprint density at radius 3 is 2.53 bits per heavy atom. The zero-order valence-corrected chi connectivity index (χ0v) is 16.6. The maximum Gasteiger partial charge on any atom is 0.271 e. The Bertz CT molecular complexity index is 1180. The summed E-state index contributed by atoms with van der Waals surface area (Å²) in [5.74, 6) is 1.69. The number of furan rings is 1. The van der Waals surface area contributed by atoms with E-state index < -0.39 is 0 Å². The van der Waals surface area contributed by atoms with Gasteiger partial charge in [0.15, 0.2) is 0 Å². The largest absolute Gasteiger partial charge is 0.460 e. The summed E-state index contributed by atoms with van der Waals surface area (Å²) in [7, 11) is 0. The predicted molar refractivity (Wildman–Crippen MR) is 112 cm³/mol. The number of aryl methyl sites for hydroxylation is 1. The van der Waals surface area contributed by atoms with Gasteiger partial charge < -0.3 is 4.42 Å². The van der Waals surface area contributed by atoms with E-state index in [0.717, 1.165) is 16.9 Å². The van der Waals surface area contributed by atoms with Crippen LogP contribution in [0, 0.1) is 6.92 Å². The van der Waals surface area contributed by atoms with Crippen molar-refractivity contribution in [3.05, 3.63) is 89.4 Å². The highest BCUT2D eigenvalue weighted by Crippen LogP contribution is 2.13. The second-order valence-electron chi connectivity index (χ2n) is 6.75. The minimum atomic E-state index is -0.297. The fourth-order valence-corrected chi connectivity index (χ4v) is 2.82. The molecule has 4 aromatic rings. The standard InChI is InChI=1S/C22H20N6O2/c1-15-8-13-20(30-15)16(2)23-25-22(29)19-11-9-17(10-12-19)14-28-26-21(24-27-28)18-6-4-3-5-7-18/h3-13H,14H2,1-2H3,(H,25,29)/b23-16-. The number of hydrazone groups is 1. The zero-order valence-electron chi connectivity index (χ0n) is 16.6. The van der Waals surface area contributed by atoms with Crippen LogP contribution in [-0.4, -0.2) is 31.8 Å². The highest BCUT2D eigenvalue weighted by Gasteiger charge is 2.09. The Balaban J connectivity index is 1.38. The Labute approximate surface area is 173 Å². The number of hydrogen-bond donors (Lipinski definition) is 1. The first kappa shape index (κ1) is 19.3. The van der Waals surface area contributed by atoms with Gasteiger partial charge in [-0.25, -0.2) is 5.43 Å². The van der Waals surface area contributed by atoms with Gasteiger partial charge in [0, 0.05) is 11.1 Å². The molecule has 0 aliphatic heterocycles. The van der Waals surface area contributed by atoms with Gasteiger partial charge in [0.25, 0.3) is 5.91 Å². The molecule has 2 aromatic heterocycles. The van der Waals surface area contributed by atoms with E-state index in [2.05, 4.69) is 25.9 Å². The van der Waals surface area contributed by atoms with Crippen LogP contribution < -0.4 is 5.43 Å². The first-order valence-electron chi connectivity index (χ1n) is 9.42. The van der Waals surface area contributed by atoms with E-state index >= 15 is 0 Å². The Morgan fingerprint density at radius 2 is 1.83 bits per heavy atom. The topological polar surface area (TPSA) is 98.2 Å². The molecule has 0 bridgehead atoms. The average Bonchev–Trinajstić information content (AvgIpc) is 3.42. The highest BCUT2D eigenvalue weighted by atomic mass is 16.3. The number of benzene rings is 2. The molecule has 1 amide bonds. The van der Waals surface area contributed by atoms with Gasteiger partial charge in [0.05, 0.1) is 6.54 Å². The van der Waals surface area contributed by atoms with Crippen LogP contribution in [-0.2, 0) is 6.54 Å². The summed E-state index contributed by atoms with van der Waals surface area (Å²) in [4.78, 5) is 13.9. The minimum absolute atomic E-state index is 0.297. The van der Waals surface area contributed by atoms with Crippen molar-refractivity contribution < 1.29 is 9.21 Å². The van der Waals surface area contributed by atoms with Crippen molar-refractivity contribution in [3.8, 4) is 11.4 Å². The molecule has 0 radical (unpaired) electrons. The van der Waals surface area contributed by atoms with E-state index in [4.69, 9.17) is 4.42 Å². The summed E-state index contributed by atoms with van der Waals surface area (Å²) in [6.45, 7) is 4.08. The number of aromatic nitrogens is 4. The molecule has 0 saturated carbocycles. The average molecular weight is 400 g/mol. The van der Waals surface area contributed by atoms with Crippen LogP contribution in [0.1, 0.15) is 34.4 Å². The van der Waals surface area contributed by atoms with Crippen LogP contribution in [0.3, 0.4) is 0 Å². The minimum Gasteiger partial charge on any atom is -0.460 e. The maximum absolute atomic E-state index is 12.3. The lowest BCUT2D eigenvalue weighted by atomic mass is 10.1. The van der Waals surface area contributed by atoms with Gasteiger partial charge in [0.2, 0.25) is 5.82 Å². The molecule has 150 valence electrons. The quantitative estimate of drug-likeness (QED) is 0.395. The summed E-state index contributed by atoms with van der Waals surface area (Å²) in [6.07, 6.45) is 0. The molecule has 8 heteroatoms. The number of hydrogen-bond acceptors (Lipinski definition) is 6. The Morgan fingerprint density at radius 1 is 1.07 bits per heavy atom. The molecule has 0 unspecified atom stereocenters. The third-order valence-corrected chi connectivity index (χ3v) is 4.45. The van der Waals surface area contributed by atoms with Gasteiger partial charge in [-0.2, -0.15) is 9.90 Å². The molecule has 0 spiro atoms. The predicted octanol–water partition coefficient (Wildman–Crippen LogP) is 3.44. The van der Waals surface area contributed by atoms with Crippen molar-refractivity contribution in [1.29, 1.82) is 0 Å². The van der Waals surface area contributed by atoms with Crippen molar-refractivity contribution >= 4 is 11.6 Å². The Hall–Kier alpha value is -4.07. The van der Waals surface area contributed by atoms with Crippen molar-refractivity contribution in [1.82, 2.24) is 25.6 Å². The summed E-state index contributed by atoms with van der Waals surface area (Å²) >= 11 is 0. The van der Waals surface area contributed by atoms with Crippen molar-refractivity contribution in [2.75, 3.05) is 0 Å². The monoisotopic (exact) mass is 400 g/mol. The molecule has 1 N–H and O–H groups in total. The van der Waals surface area contributed by atoms with Crippen LogP contribution in [0.25, 0.3) is 11.4 Å². The van der Waals surface area contributed by atoms with Gasteiger partial charge in [-0.05, 0) is 48.9 Å². The van der Waals surface area contributed by atoms with Crippen molar-refractivity contribution in [2.24, 2.45) is 5.10 Å². The molecule has 8 nitrogen and oxygen atoms in total. The molecule has 2 heterocycles. The third-order valence-electron chi connectivity index (χ3n) is 4.45. The lowest BCUT2D eigenvalue weighted by molar-refractivity contribution is 0.0955. The second-order valence-corrected chi connectivity index (χ2v) is 6.75. The smallest absolute Gasteiger partial charge is 0.271 e. The normalized spacial score (nSPS) is 11.5. The molecule has 0 saturated heterocycles. The van der Waals surface area contributed by atoms with Gasteiger partial charge in [-0.3, -0.25) is 4.79 Å². The van der Waals surface area contributed by atoms with E-state index in [0.29, 0.717) is 29.4 Å². The number of rotatable bonds is 6. The van der Waals surface area contributed by atoms with Gasteiger partial charge in [0.1, 0.15) is 17.2 Å². The molecule has 0 aliphatic rings. The first-order valence-corrected chi connectivity index (χ1v) is 9.42. The molecule has 30 heavy (non-hydrogen) atoms. The van der Waals surface area contributed by atoms with E-state index in [1.807, 2.05) is 61.5 Å². The zero-order chi connectivity index (χ0) is 20.9. The first-order chi connectivity index (χ1) is 14.6. The van der Waals surface area contributed by atoms with Crippen LogP contribution in [0.4, 0.5) is 0 Å². The highest BCUT2D eigenvalue weighted by molar-refractivity contribution is 5.99. The molecule has 2 aromatic carbocycles. The van der Waals surface area contributed by atoms with Crippen molar-refractivity contribution in [3.63, 3.8) is 0 Å². The molecular formula is C22H20N6O2. The van der Waals surface area contributed by atoms with Crippen LogP contribution in [0.15, 0.2) is 76.2 Å². The summed E-state index contributed by atoms with van der Waals surface area (Å²) < 4.78 is 5.48. The SMILES string of the molecule is C/C(=N/NC(=O)c1ccc(Cn2nnc(-c3ccccc3)n2)cc1)c1ccc(C)o1. The van der Waals surface area contributed by atoms with Crippen LogP contribution in [0.5, 0.6) is 0 Å². The summed E-state index contributed by atoms with van der Waals surface area (Å²) in [5, 5.41) is 16.7.